The van der Waals surface area contributed by atoms with Crippen LogP contribution in [-0.2, 0) is 9.53 Å². The number of carbonyl (C=O) groups excluding carboxylic acids is 1. The molecule has 0 saturated carbocycles. The van der Waals surface area contributed by atoms with E-state index >= 15 is 0 Å². The van der Waals surface area contributed by atoms with Crippen LogP contribution >= 0.6 is 0 Å². The van der Waals surface area contributed by atoms with Crippen LogP contribution in [0.2, 0.25) is 0 Å². The molecule has 0 bridgehead atoms. The Balaban J connectivity index is 2.38. The molecule has 1 amide bonds. The first-order valence-electron chi connectivity index (χ1n) is 9.49. The molecule has 1 N–H and O–H groups in total. The number of amides is 1. The van der Waals surface area contributed by atoms with Crippen LogP contribution in [0.1, 0.15) is 61.3 Å². The number of anilines is 2. The quantitative estimate of drug-likeness (QED) is 0.827. The van der Waals surface area contributed by atoms with E-state index in [1.54, 1.807) is 32.9 Å². The van der Waals surface area contributed by atoms with Gasteiger partial charge in [-0.05, 0) is 85.6 Å². The highest BCUT2D eigenvalue weighted by Crippen LogP contribution is 2.33. The Morgan fingerprint density at radius 1 is 1.04 bits per heavy atom. The number of rotatable bonds is 4. The second-order valence-corrected chi connectivity index (χ2v) is 8.88. The summed E-state index contributed by atoms with van der Waals surface area (Å²) in [6, 6.07) is 8.40. The fourth-order valence-electron chi connectivity index (χ4n) is 3.54. The standard InChI is InChI=1S/C21H32N2O4/c1-14-8-9-15(2)22(14)16-10-12-17(13-11-16)23(21(6,7)18(24)25)19(26)27-20(3,4)5/h10-15H,8-9H2,1-7H3,(H,24,25). The van der Waals surface area contributed by atoms with Crippen molar-refractivity contribution >= 4 is 23.4 Å². The lowest BCUT2D eigenvalue weighted by Crippen LogP contribution is -2.54. The number of carbonyl (C=O) groups is 2. The van der Waals surface area contributed by atoms with Gasteiger partial charge in [-0.2, -0.15) is 0 Å². The number of aliphatic carboxylic acids is 1. The zero-order chi connectivity index (χ0) is 20.6. The van der Waals surface area contributed by atoms with Crippen molar-refractivity contribution in [3.8, 4) is 0 Å². The summed E-state index contributed by atoms with van der Waals surface area (Å²) in [5.74, 6) is -1.10. The van der Waals surface area contributed by atoms with Gasteiger partial charge in [0.2, 0.25) is 0 Å². The molecule has 6 heteroatoms. The molecule has 0 aromatic heterocycles. The van der Waals surface area contributed by atoms with Gasteiger partial charge in [0.25, 0.3) is 0 Å². The SMILES string of the molecule is CC1CCC(C)N1c1ccc(N(C(=O)OC(C)(C)C)C(C)(C)C(=O)O)cc1. The van der Waals surface area contributed by atoms with Gasteiger partial charge in [-0.15, -0.1) is 0 Å². The van der Waals surface area contributed by atoms with Gasteiger partial charge in [0.15, 0.2) is 0 Å². The topological polar surface area (TPSA) is 70.1 Å². The third-order valence-corrected chi connectivity index (χ3v) is 5.02. The predicted molar refractivity (Wildman–Crippen MR) is 108 cm³/mol. The Morgan fingerprint density at radius 2 is 1.52 bits per heavy atom. The van der Waals surface area contributed by atoms with E-state index in [1.807, 2.05) is 12.1 Å². The molecule has 2 rings (SSSR count). The van der Waals surface area contributed by atoms with Gasteiger partial charge in [0.1, 0.15) is 11.1 Å². The molecule has 0 aliphatic carbocycles. The average Bonchev–Trinajstić information content (AvgIpc) is 2.85. The summed E-state index contributed by atoms with van der Waals surface area (Å²) < 4.78 is 5.47. The fourth-order valence-corrected chi connectivity index (χ4v) is 3.54. The van der Waals surface area contributed by atoms with Crippen molar-refractivity contribution in [2.45, 2.75) is 84.5 Å². The molecular formula is C21H32N2O4. The summed E-state index contributed by atoms with van der Waals surface area (Å²) in [6.07, 6.45) is 1.63. The van der Waals surface area contributed by atoms with Crippen LogP contribution in [-0.4, -0.2) is 40.4 Å². The Hall–Kier alpha value is -2.24. The molecule has 1 aromatic rings. The van der Waals surface area contributed by atoms with Gasteiger partial charge in [0, 0.05) is 23.5 Å². The molecular weight excluding hydrogens is 344 g/mol. The van der Waals surface area contributed by atoms with Crippen molar-refractivity contribution in [3.63, 3.8) is 0 Å². The molecule has 1 aromatic carbocycles. The van der Waals surface area contributed by atoms with Crippen molar-refractivity contribution in [3.05, 3.63) is 24.3 Å². The van der Waals surface area contributed by atoms with Gasteiger partial charge in [-0.1, -0.05) is 0 Å². The molecule has 1 aliphatic heterocycles. The van der Waals surface area contributed by atoms with Gasteiger partial charge in [-0.3, -0.25) is 4.90 Å². The van der Waals surface area contributed by atoms with Crippen LogP contribution in [0.5, 0.6) is 0 Å². The van der Waals surface area contributed by atoms with Gasteiger partial charge in [0.05, 0.1) is 0 Å². The first-order valence-corrected chi connectivity index (χ1v) is 9.49. The lowest BCUT2D eigenvalue weighted by molar-refractivity contribution is -0.142. The van der Waals surface area contributed by atoms with E-state index in [-0.39, 0.29) is 0 Å². The Kier molecular flexibility index (Phi) is 5.78. The molecule has 2 atom stereocenters. The first-order chi connectivity index (χ1) is 12.3. The number of hydrogen-bond donors (Lipinski definition) is 1. The number of carboxylic acid groups (broad SMARTS) is 1. The highest BCUT2D eigenvalue weighted by Gasteiger charge is 2.41. The van der Waals surface area contributed by atoms with Gasteiger partial charge < -0.3 is 14.7 Å². The highest BCUT2D eigenvalue weighted by atomic mass is 16.6. The summed E-state index contributed by atoms with van der Waals surface area (Å²) in [7, 11) is 0. The maximum Gasteiger partial charge on any atom is 0.415 e. The lowest BCUT2D eigenvalue weighted by atomic mass is 10.0. The second kappa shape index (κ2) is 7.41. The summed E-state index contributed by atoms with van der Waals surface area (Å²) in [5.41, 5.74) is -0.587. The molecule has 2 unspecified atom stereocenters. The molecule has 1 saturated heterocycles. The second-order valence-electron chi connectivity index (χ2n) is 8.88. The van der Waals surface area contributed by atoms with Crippen LogP contribution in [0.3, 0.4) is 0 Å². The molecule has 6 nitrogen and oxygen atoms in total. The van der Waals surface area contributed by atoms with Crippen molar-refractivity contribution < 1.29 is 19.4 Å². The molecule has 0 spiro atoms. The van der Waals surface area contributed by atoms with Crippen LogP contribution in [0, 0.1) is 0 Å². The van der Waals surface area contributed by atoms with Crippen LogP contribution < -0.4 is 9.80 Å². The van der Waals surface area contributed by atoms with Gasteiger partial charge in [-0.25, -0.2) is 9.59 Å². The lowest BCUT2D eigenvalue weighted by Gasteiger charge is -2.36. The summed E-state index contributed by atoms with van der Waals surface area (Å²) in [5, 5.41) is 9.66. The molecule has 1 heterocycles. The minimum Gasteiger partial charge on any atom is -0.480 e. The highest BCUT2D eigenvalue weighted by molar-refractivity contribution is 5.98. The maximum atomic E-state index is 12.8. The van der Waals surface area contributed by atoms with Crippen molar-refractivity contribution in [2.75, 3.05) is 9.80 Å². The Labute approximate surface area is 162 Å². The number of nitrogens with zero attached hydrogens (tertiary/aromatic N) is 2. The molecule has 0 radical (unpaired) electrons. The first kappa shape index (κ1) is 21.1. The van der Waals surface area contributed by atoms with Crippen LogP contribution in [0.4, 0.5) is 16.2 Å². The molecule has 150 valence electrons. The third kappa shape index (κ3) is 4.54. The van der Waals surface area contributed by atoms with E-state index in [0.29, 0.717) is 17.8 Å². The van der Waals surface area contributed by atoms with Gasteiger partial charge >= 0.3 is 12.1 Å². The third-order valence-electron chi connectivity index (χ3n) is 5.02. The number of hydrogen-bond acceptors (Lipinski definition) is 4. The minimum atomic E-state index is -1.45. The monoisotopic (exact) mass is 376 g/mol. The molecule has 1 aliphatic rings. The van der Waals surface area contributed by atoms with E-state index in [1.165, 1.54) is 18.7 Å². The average molecular weight is 376 g/mol. The van der Waals surface area contributed by atoms with E-state index in [0.717, 1.165) is 18.5 Å². The smallest absolute Gasteiger partial charge is 0.415 e. The Morgan fingerprint density at radius 3 is 1.93 bits per heavy atom. The summed E-state index contributed by atoms with van der Waals surface area (Å²) >= 11 is 0. The normalized spacial score (nSPS) is 20.5. The van der Waals surface area contributed by atoms with Crippen molar-refractivity contribution in [2.24, 2.45) is 0 Å². The summed E-state index contributed by atoms with van der Waals surface area (Å²) in [6.45, 7) is 12.7. The number of benzene rings is 1. The number of carboxylic acids is 1. The van der Waals surface area contributed by atoms with Crippen molar-refractivity contribution in [1.29, 1.82) is 0 Å². The van der Waals surface area contributed by atoms with E-state index < -0.39 is 23.2 Å². The Bertz CT molecular complexity index is 681. The zero-order valence-corrected chi connectivity index (χ0v) is 17.4. The van der Waals surface area contributed by atoms with Crippen LogP contribution in [0.15, 0.2) is 24.3 Å². The maximum absolute atomic E-state index is 12.8. The molecule has 27 heavy (non-hydrogen) atoms. The van der Waals surface area contributed by atoms with E-state index in [4.69, 9.17) is 4.74 Å². The number of ether oxygens (including phenoxy) is 1. The zero-order valence-electron chi connectivity index (χ0n) is 17.4. The summed E-state index contributed by atoms with van der Waals surface area (Å²) in [4.78, 5) is 28.2. The van der Waals surface area contributed by atoms with E-state index in [9.17, 15) is 14.7 Å². The molecule has 1 fully saturated rings. The largest absolute Gasteiger partial charge is 0.480 e. The minimum absolute atomic E-state index is 0.461. The predicted octanol–water partition coefficient (Wildman–Crippen LogP) is 4.67. The van der Waals surface area contributed by atoms with Crippen LogP contribution in [0.25, 0.3) is 0 Å². The van der Waals surface area contributed by atoms with Crippen molar-refractivity contribution in [1.82, 2.24) is 0 Å². The fraction of sp³-hybridized carbons (Fsp3) is 0.619. The van der Waals surface area contributed by atoms with E-state index in [2.05, 4.69) is 18.7 Å².